The number of aliphatic hydroxyl groups excluding tert-OH is 1. The van der Waals surface area contributed by atoms with Crippen LogP contribution in [0.4, 0.5) is 0 Å². The van der Waals surface area contributed by atoms with Crippen molar-refractivity contribution in [2.45, 2.75) is 38.6 Å². The maximum absolute atomic E-state index is 12.1. The Morgan fingerprint density at radius 3 is 2.69 bits per heavy atom. The summed E-state index contributed by atoms with van der Waals surface area (Å²) >= 11 is 0. The van der Waals surface area contributed by atoms with Gasteiger partial charge < -0.3 is 15.3 Å². The van der Waals surface area contributed by atoms with Crippen LogP contribution in [0.15, 0.2) is 0 Å². The molecular formula is C12H22N2O2. The second-order valence-corrected chi connectivity index (χ2v) is 5.44. The predicted molar refractivity (Wildman–Crippen MR) is 62.0 cm³/mol. The van der Waals surface area contributed by atoms with E-state index in [1.165, 1.54) is 0 Å². The molecule has 4 heteroatoms. The first-order valence-corrected chi connectivity index (χ1v) is 6.28. The van der Waals surface area contributed by atoms with Crippen molar-refractivity contribution in [3.05, 3.63) is 0 Å². The third kappa shape index (κ3) is 2.38. The standard InChI is InChI=1S/C12H22N2O2/c1-12(9-15)4-7-14(8-5-12)11(16)10-3-2-6-13-10/h10,13,15H,2-9H2,1H3/t10-/m1/s1. The first-order chi connectivity index (χ1) is 7.64. The Morgan fingerprint density at radius 1 is 1.50 bits per heavy atom. The van der Waals surface area contributed by atoms with Crippen LogP contribution in [0.2, 0.25) is 0 Å². The lowest BCUT2D eigenvalue weighted by atomic mass is 9.81. The van der Waals surface area contributed by atoms with E-state index in [-0.39, 0.29) is 24.0 Å². The summed E-state index contributed by atoms with van der Waals surface area (Å²) in [5.74, 6) is 0.262. The molecule has 0 spiro atoms. The summed E-state index contributed by atoms with van der Waals surface area (Å²) < 4.78 is 0. The van der Waals surface area contributed by atoms with Gasteiger partial charge in [0.05, 0.1) is 6.04 Å². The van der Waals surface area contributed by atoms with Crippen molar-refractivity contribution in [1.82, 2.24) is 10.2 Å². The summed E-state index contributed by atoms with van der Waals surface area (Å²) in [6.45, 7) is 4.90. The third-order valence-electron chi connectivity index (χ3n) is 4.02. The quantitative estimate of drug-likeness (QED) is 0.715. The monoisotopic (exact) mass is 226 g/mol. The van der Waals surface area contributed by atoms with Crippen LogP contribution in [0, 0.1) is 5.41 Å². The Bertz CT molecular complexity index is 254. The van der Waals surface area contributed by atoms with E-state index < -0.39 is 0 Å². The van der Waals surface area contributed by atoms with Crippen molar-refractivity contribution in [2.75, 3.05) is 26.2 Å². The number of nitrogens with one attached hydrogen (secondary N) is 1. The Balaban J connectivity index is 1.86. The number of aliphatic hydroxyl groups is 1. The molecule has 4 nitrogen and oxygen atoms in total. The van der Waals surface area contributed by atoms with E-state index in [0.29, 0.717) is 0 Å². The number of rotatable bonds is 2. The Labute approximate surface area is 97.0 Å². The fourth-order valence-electron chi connectivity index (χ4n) is 2.54. The van der Waals surface area contributed by atoms with Gasteiger partial charge in [-0.3, -0.25) is 4.79 Å². The van der Waals surface area contributed by atoms with Gasteiger partial charge in [0.25, 0.3) is 0 Å². The number of likely N-dealkylation sites (tertiary alicyclic amines) is 1. The van der Waals surface area contributed by atoms with Crippen LogP contribution in [-0.4, -0.2) is 48.2 Å². The minimum atomic E-state index is 0.0277. The molecule has 2 fully saturated rings. The second-order valence-electron chi connectivity index (χ2n) is 5.44. The fraction of sp³-hybridized carbons (Fsp3) is 0.917. The largest absolute Gasteiger partial charge is 0.396 e. The van der Waals surface area contributed by atoms with E-state index in [9.17, 15) is 9.90 Å². The second kappa shape index (κ2) is 4.72. The van der Waals surface area contributed by atoms with Crippen LogP contribution < -0.4 is 5.32 Å². The summed E-state index contributed by atoms with van der Waals surface area (Å²) in [6.07, 6.45) is 3.93. The molecule has 2 N–H and O–H groups in total. The molecule has 92 valence electrons. The zero-order chi connectivity index (χ0) is 11.6. The number of hydrogen-bond donors (Lipinski definition) is 2. The van der Waals surface area contributed by atoms with Crippen molar-refractivity contribution in [3.63, 3.8) is 0 Å². The van der Waals surface area contributed by atoms with Crippen LogP contribution in [0.3, 0.4) is 0 Å². The first kappa shape index (κ1) is 11.9. The predicted octanol–water partition coefficient (Wildman–Crippen LogP) is 0.359. The molecule has 0 unspecified atom stereocenters. The molecular weight excluding hydrogens is 204 g/mol. The molecule has 0 aromatic rings. The first-order valence-electron chi connectivity index (χ1n) is 6.28. The van der Waals surface area contributed by atoms with Crippen LogP contribution in [0.25, 0.3) is 0 Å². The summed E-state index contributed by atoms with van der Waals surface area (Å²) in [4.78, 5) is 14.1. The molecule has 2 heterocycles. The fourth-order valence-corrected chi connectivity index (χ4v) is 2.54. The van der Waals surface area contributed by atoms with Crippen LogP contribution in [0.1, 0.15) is 32.6 Å². The minimum Gasteiger partial charge on any atom is -0.396 e. The lowest BCUT2D eigenvalue weighted by Gasteiger charge is -2.39. The molecule has 2 saturated heterocycles. The maximum Gasteiger partial charge on any atom is 0.239 e. The third-order valence-corrected chi connectivity index (χ3v) is 4.02. The smallest absolute Gasteiger partial charge is 0.239 e. The van der Waals surface area contributed by atoms with Gasteiger partial charge in [-0.05, 0) is 37.6 Å². The molecule has 0 bridgehead atoms. The van der Waals surface area contributed by atoms with Crippen molar-refractivity contribution in [3.8, 4) is 0 Å². The lowest BCUT2D eigenvalue weighted by Crippen LogP contribution is -2.49. The summed E-state index contributed by atoms with van der Waals surface area (Å²) in [7, 11) is 0. The number of carbonyl (C=O) groups excluding carboxylic acids is 1. The van der Waals surface area contributed by atoms with Crippen LogP contribution in [0.5, 0.6) is 0 Å². The van der Waals surface area contributed by atoms with Gasteiger partial charge >= 0.3 is 0 Å². The van der Waals surface area contributed by atoms with Gasteiger partial charge in [-0.2, -0.15) is 0 Å². The van der Waals surface area contributed by atoms with Gasteiger partial charge in [0.2, 0.25) is 5.91 Å². The molecule has 1 atom stereocenters. The highest BCUT2D eigenvalue weighted by Crippen LogP contribution is 2.30. The molecule has 2 rings (SSSR count). The van der Waals surface area contributed by atoms with E-state index in [1.54, 1.807) is 0 Å². The Hall–Kier alpha value is -0.610. The van der Waals surface area contributed by atoms with Gasteiger partial charge in [-0.25, -0.2) is 0 Å². The molecule has 0 aromatic carbocycles. The van der Waals surface area contributed by atoms with E-state index >= 15 is 0 Å². The van der Waals surface area contributed by atoms with Gasteiger partial charge in [0.15, 0.2) is 0 Å². The van der Waals surface area contributed by atoms with Crippen molar-refractivity contribution in [2.24, 2.45) is 5.41 Å². The number of nitrogens with zero attached hydrogens (tertiary/aromatic N) is 1. The zero-order valence-electron chi connectivity index (χ0n) is 10.0. The van der Waals surface area contributed by atoms with Gasteiger partial charge in [0.1, 0.15) is 0 Å². The molecule has 0 radical (unpaired) electrons. The maximum atomic E-state index is 12.1. The lowest BCUT2D eigenvalue weighted by molar-refractivity contribution is -0.135. The van der Waals surface area contributed by atoms with Crippen molar-refractivity contribution >= 4 is 5.91 Å². The SMILES string of the molecule is CC1(CO)CCN(C(=O)[C@H]2CCCN2)CC1. The highest BCUT2D eigenvalue weighted by molar-refractivity contribution is 5.82. The van der Waals surface area contributed by atoms with Crippen LogP contribution in [-0.2, 0) is 4.79 Å². The molecule has 0 saturated carbocycles. The highest BCUT2D eigenvalue weighted by Gasteiger charge is 2.34. The average molecular weight is 226 g/mol. The molecule has 2 aliphatic heterocycles. The van der Waals surface area contributed by atoms with E-state index in [2.05, 4.69) is 12.2 Å². The Kier molecular flexibility index (Phi) is 3.50. The summed E-state index contributed by atoms with van der Waals surface area (Å²) in [6, 6.07) is 0.0542. The molecule has 1 amide bonds. The van der Waals surface area contributed by atoms with E-state index in [0.717, 1.165) is 45.3 Å². The van der Waals surface area contributed by atoms with Crippen molar-refractivity contribution in [1.29, 1.82) is 0 Å². The number of carbonyl (C=O) groups is 1. The van der Waals surface area contributed by atoms with Crippen LogP contribution >= 0.6 is 0 Å². The van der Waals surface area contributed by atoms with E-state index in [4.69, 9.17) is 0 Å². The highest BCUT2D eigenvalue weighted by atomic mass is 16.3. The van der Waals surface area contributed by atoms with Gasteiger partial charge in [-0.15, -0.1) is 0 Å². The molecule has 16 heavy (non-hydrogen) atoms. The molecule has 2 aliphatic rings. The van der Waals surface area contributed by atoms with Gasteiger partial charge in [0, 0.05) is 19.7 Å². The minimum absolute atomic E-state index is 0.0277. The summed E-state index contributed by atoms with van der Waals surface area (Å²) in [5, 5.41) is 12.5. The number of hydrogen-bond acceptors (Lipinski definition) is 3. The Morgan fingerprint density at radius 2 is 2.19 bits per heavy atom. The normalized spacial score (nSPS) is 29.4. The van der Waals surface area contributed by atoms with Gasteiger partial charge in [-0.1, -0.05) is 6.92 Å². The molecule has 0 aliphatic carbocycles. The number of piperidine rings is 1. The van der Waals surface area contributed by atoms with Crippen molar-refractivity contribution < 1.29 is 9.90 Å². The summed E-state index contributed by atoms with van der Waals surface area (Å²) in [5.41, 5.74) is 0.0277. The van der Waals surface area contributed by atoms with E-state index in [1.807, 2.05) is 4.90 Å². The molecule has 0 aromatic heterocycles. The zero-order valence-corrected chi connectivity index (χ0v) is 10.0. The topological polar surface area (TPSA) is 52.6 Å². The number of amides is 1. The average Bonchev–Trinajstić information content (AvgIpc) is 2.83.